The molecule has 1 heteroatoms. The van der Waals surface area contributed by atoms with E-state index >= 15 is 0 Å². The number of hydrogen-bond donors (Lipinski definition) is 1. The molecule has 0 spiro atoms. The second-order valence-corrected chi connectivity index (χ2v) is 4.15. The van der Waals surface area contributed by atoms with Crippen molar-refractivity contribution in [1.29, 1.82) is 0 Å². The van der Waals surface area contributed by atoms with Gasteiger partial charge in [0.2, 0.25) is 0 Å². The van der Waals surface area contributed by atoms with Gasteiger partial charge in [-0.3, -0.25) is 0 Å². The lowest BCUT2D eigenvalue weighted by atomic mass is 9.78. The molecule has 0 heterocycles. The molecule has 1 nitrogen and oxygen atoms in total. The van der Waals surface area contributed by atoms with Gasteiger partial charge in [0.15, 0.2) is 0 Å². The van der Waals surface area contributed by atoms with E-state index < -0.39 is 0 Å². The molecule has 1 aliphatic carbocycles. The molecule has 11 heavy (non-hydrogen) atoms. The topological polar surface area (TPSA) is 12.0 Å². The minimum Gasteiger partial charge on any atom is -0.313 e. The first-order valence-electron chi connectivity index (χ1n) is 4.97. The zero-order valence-corrected chi connectivity index (χ0v) is 8.06. The monoisotopic (exact) mass is 155 g/mol. The lowest BCUT2D eigenvalue weighted by Crippen LogP contribution is -2.44. The van der Waals surface area contributed by atoms with Gasteiger partial charge in [0, 0.05) is 6.04 Å². The summed E-state index contributed by atoms with van der Waals surface area (Å²) in [5, 5.41) is 3.62. The molecule has 0 aromatic rings. The van der Waals surface area contributed by atoms with Gasteiger partial charge in [-0.15, -0.1) is 0 Å². The molecule has 1 rings (SSSR count). The number of hydrogen-bond acceptors (Lipinski definition) is 1. The van der Waals surface area contributed by atoms with Gasteiger partial charge in [0.05, 0.1) is 0 Å². The number of nitrogens with one attached hydrogen (secondary N) is 1. The minimum absolute atomic E-state index is 0.799. The quantitative estimate of drug-likeness (QED) is 0.657. The van der Waals surface area contributed by atoms with Gasteiger partial charge in [0.1, 0.15) is 0 Å². The highest BCUT2D eigenvalue weighted by molar-refractivity contribution is 4.85. The third-order valence-corrected chi connectivity index (χ3v) is 2.73. The normalized spacial score (nSPS) is 30.5. The van der Waals surface area contributed by atoms with E-state index in [0.717, 1.165) is 17.9 Å². The second kappa shape index (κ2) is 4.10. The van der Waals surface area contributed by atoms with Crippen LogP contribution in [-0.4, -0.2) is 12.6 Å². The van der Waals surface area contributed by atoms with Crippen LogP contribution in [0.5, 0.6) is 0 Å². The zero-order valence-electron chi connectivity index (χ0n) is 8.06. The van der Waals surface area contributed by atoms with Crippen LogP contribution in [0.3, 0.4) is 0 Å². The van der Waals surface area contributed by atoms with Crippen molar-refractivity contribution < 1.29 is 0 Å². The van der Waals surface area contributed by atoms with Crippen molar-refractivity contribution in [2.75, 3.05) is 6.54 Å². The summed E-state index contributed by atoms with van der Waals surface area (Å²) in [6.45, 7) is 8.04. The smallest absolute Gasteiger partial charge is 0.00954 e. The molecule has 2 unspecified atom stereocenters. The van der Waals surface area contributed by atoms with Crippen LogP contribution in [0.15, 0.2) is 0 Å². The number of rotatable bonds is 4. The predicted octanol–water partition coefficient (Wildman–Crippen LogP) is 2.42. The molecule has 0 aliphatic heterocycles. The van der Waals surface area contributed by atoms with Crippen molar-refractivity contribution in [2.45, 2.75) is 46.1 Å². The molecule has 0 amide bonds. The third kappa shape index (κ3) is 2.48. The van der Waals surface area contributed by atoms with Crippen LogP contribution in [0.4, 0.5) is 0 Å². The molecule has 2 atom stereocenters. The summed E-state index contributed by atoms with van der Waals surface area (Å²) in [5.41, 5.74) is 0. The lowest BCUT2D eigenvalue weighted by molar-refractivity contribution is 0.198. The Morgan fingerprint density at radius 3 is 2.45 bits per heavy atom. The standard InChI is InChI=1S/C10H21N/c1-4-9-5-6-10(9)11-7-8(2)3/h8-11H,4-7H2,1-3H3. The average Bonchev–Trinajstić information content (AvgIpc) is 1.86. The Kier molecular flexibility index (Phi) is 3.38. The highest BCUT2D eigenvalue weighted by atomic mass is 14.9. The van der Waals surface area contributed by atoms with Gasteiger partial charge in [-0.05, 0) is 31.2 Å². The molecular weight excluding hydrogens is 134 g/mol. The summed E-state index contributed by atoms with van der Waals surface area (Å²) in [6.07, 6.45) is 4.22. The fraction of sp³-hybridized carbons (Fsp3) is 1.00. The largest absolute Gasteiger partial charge is 0.313 e. The van der Waals surface area contributed by atoms with Crippen molar-refractivity contribution in [3.05, 3.63) is 0 Å². The van der Waals surface area contributed by atoms with Crippen LogP contribution in [0.25, 0.3) is 0 Å². The van der Waals surface area contributed by atoms with E-state index in [9.17, 15) is 0 Å². The van der Waals surface area contributed by atoms with E-state index in [1.807, 2.05) is 0 Å². The van der Waals surface area contributed by atoms with E-state index in [4.69, 9.17) is 0 Å². The fourth-order valence-electron chi connectivity index (χ4n) is 1.71. The maximum absolute atomic E-state index is 3.62. The van der Waals surface area contributed by atoms with E-state index in [0.29, 0.717) is 0 Å². The van der Waals surface area contributed by atoms with E-state index in [-0.39, 0.29) is 0 Å². The van der Waals surface area contributed by atoms with Gasteiger partial charge in [-0.25, -0.2) is 0 Å². The van der Waals surface area contributed by atoms with Crippen molar-refractivity contribution in [2.24, 2.45) is 11.8 Å². The van der Waals surface area contributed by atoms with Crippen molar-refractivity contribution in [3.63, 3.8) is 0 Å². The van der Waals surface area contributed by atoms with Crippen LogP contribution in [0, 0.1) is 11.8 Å². The summed E-state index contributed by atoms with van der Waals surface area (Å²) in [6, 6.07) is 0.849. The molecule has 0 radical (unpaired) electrons. The fourth-order valence-corrected chi connectivity index (χ4v) is 1.71. The predicted molar refractivity (Wildman–Crippen MR) is 49.6 cm³/mol. The van der Waals surface area contributed by atoms with Gasteiger partial charge < -0.3 is 5.32 Å². The van der Waals surface area contributed by atoms with Crippen molar-refractivity contribution >= 4 is 0 Å². The molecular formula is C10H21N. The molecule has 1 saturated carbocycles. The SMILES string of the molecule is CCC1CCC1NCC(C)C. The summed E-state index contributed by atoms with van der Waals surface area (Å²) in [5.74, 6) is 1.78. The summed E-state index contributed by atoms with van der Waals surface area (Å²) in [7, 11) is 0. The maximum Gasteiger partial charge on any atom is 0.00954 e. The molecule has 0 aromatic carbocycles. The third-order valence-electron chi connectivity index (χ3n) is 2.73. The van der Waals surface area contributed by atoms with E-state index in [1.165, 1.54) is 25.8 Å². The Morgan fingerprint density at radius 2 is 2.09 bits per heavy atom. The highest BCUT2D eigenvalue weighted by Crippen LogP contribution is 2.29. The minimum atomic E-state index is 0.799. The first-order chi connectivity index (χ1) is 5.24. The van der Waals surface area contributed by atoms with Gasteiger partial charge in [-0.1, -0.05) is 27.2 Å². The van der Waals surface area contributed by atoms with Crippen LogP contribution >= 0.6 is 0 Å². The van der Waals surface area contributed by atoms with Crippen LogP contribution < -0.4 is 5.32 Å². The second-order valence-electron chi connectivity index (χ2n) is 4.15. The molecule has 1 N–H and O–H groups in total. The highest BCUT2D eigenvalue weighted by Gasteiger charge is 2.28. The molecule has 66 valence electrons. The zero-order chi connectivity index (χ0) is 8.27. The first-order valence-corrected chi connectivity index (χ1v) is 4.97. The van der Waals surface area contributed by atoms with E-state index in [2.05, 4.69) is 26.1 Å². The van der Waals surface area contributed by atoms with Crippen LogP contribution in [-0.2, 0) is 0 Å². The van der Waals surface area contributed by atoms with Crippen LogP contribution in [0.2, 0.25) is 0 Å². The Morgan fingerprint density at radius 1 is 1.36 bits per heavy atom. The molecule has 1 aliphatic rings. The maximum atomic E-state index is 3.62. The Labute approximate surface area is 70.6 Å². The first kappa shape index (κ1) is 9.05. The van der Waals surface area contributed by atoms with E-state index in [1.54, 1.807) is 0 Å². The Bertz CT molecular complexity index is 107. The molecule has 0 saturated heterocycles. The summed E-state index contributed by atoms with van der Waals surface area (Å²) in [4.78, 5) is 0. The Balaban J connectivity index is 2.07. The molecule has 1 fully saturated rings. The molecule has 0 aromatic heterocycles. The average molecular weight is 155 g/mol. The van der Waals surface area contributed by atoms with Gasteiger partial charge in [0.25, 0.3) is 0 Å². The summed E-state index contributed by atoms with van der Waals surface area (Å²) >= 11 is 0. The van der Waals surface area contributed by atoms with Gasteiger partial charge >= 0.3 is 0 Å². The van der Waals surface area contributed by atoms with Crippen molar-refractivity contribution in [3.8, 4) is 0 Å². The summed E-state index contributed by atoms with van der Waals surface area (Å²) < 4.78 is 0. The van der Waals surface area contributed by atoms with Gasteiger partial charge in [-0.2, -0.15) is 0 Å². The van der Waals surface area contributed by atoms with Crippen molar-refractivity contribution in [1.82, 2.24) is 5.32 Å². The lowest BCUT2D eigenvalue weighted by Gasteiger charge is -2.37. The van der Waals surface area contributed by atoms with Crippen LogP contribution in [0.1, 0.15) is 40.0 Å². The Hall–Kier alpha value is -0.0400. The molecule has 0 bridgehead atoms.